The van der Waals surface area contributed by atoms with E-state index in [1.54, 1.807) is 30.3 Å². The molecule has 10 heteroatoms. The molecule has 1 N–H and O–H groups in total. The highest BCUT2D eigenvalue weighted by Gasteiger charge is 2.26. The number of carbonyl (C=O) groups excluding carboxylic acids is 1. The second-order valence-electron chi connectivity index (χ2n) is 7.12. The number of aromatic nitrogens is 1. The van der Waals surface area contributed by atoms with Crippen molar-refractivity contribution < 1.29 is 19.6 Å². The van der Waals surface area contributed by atoms with Gasteiger partial charge in [-0.1, -0.05) is 23.7 Å². The number of ether oxygens (including phenoxy) is 1. The SMILES string of the molecule is COc1ccc(CCn2c(O)c(C(=O)c3ccc(Cl)c([N+](=O)[O-])c3)c(C)c(C#N)c2=O)cc1. The number of benzene rings is 2. The molecule has 0 aliphatic heterocycles. The largest absolute Gasteiger partial charge is 0.497 e. The normalized spacial score (nSPS) is 10.5. The molecule has 0 unspecified atom stereocenters. The number of nitro benzene ring substituents is 1. The number of carbonyl (C=O) groups is 1. The van der Waals surface area contributed by atoms with Crippen molar-refractivity contribution in [1.29, 1.82) is 5.26 Å². The van der Waals surface area contributed by atoms with Crippen LogP contribution >= 0.6 is 11.6 Å². The molecule has 0 atom stereocenters. The van der Waals surface area contributed by atoms with Crippen LogP contribution in [0.25, 0.3) is 0 Å². The van der Waals surface area contributed by atoms with Crippen LogP contribution in [0.2, 0.25) is 5.02 Å². The molecule has 3 rings (SSSR count). The minimum atomic E-state index is -0.778. The molecule has 0 fully saturated rings. The third-order valence-electron chi connectivity index (χ3n) is 5.22. The maximum absolute atomic E-state index is 13.2. The van der Waals surface area contributed by atoms with E-state index >= 15 is 0 Å². The van der Waals surface area contributed by atoms with Gasteiger partial charge < -0.3 is 9.84 Å². The Hall–Kier alpha value is -4.16. The minimum absolute atomic E-state index is 0.00694. The zero-order valence-electron chi connectivity index (χ0n) is 17.7. The average molecular weight is 468 g/mol. The van der Waals surface area contributed by atoms with E-state index in [1.807, 2.05) is 0 Å². The number of nitriles is 1. The van der Waals surface area contributed by atoms with E-state index in [4.69, 9.17) is 16.3 Å². The Kier molecular flexibility index (Phi) is 6.80. The van der Waals surface area contributed by atoms with Crippen molar-refractivity contribution in [1.82, 2.24) is 4.57 Å². The first kappa shape index (κ1) is 23.5. The van der Waals surface area contributed by atoms with Crippen LogP contribution in [0.15, 0.2) is 47.3 Å². The van der Waals surface area contributed by atoms with Gasteiger partial charge >= 0.3 is 0 Å². The Bertz CT molecular complexity index is 1360. The average Bonchev–Trinajstić information content (AvgIpc) is 2.79. The molecule has 9 nitrogen and oxygen atoms in total. The fourth-order valence-electron chi connectivity index (χ4n) is 3.40. The van der Waals surface area contributed by atoms with Gasteiger partial charge in [0.25, 0.3) is 11.2 Å². The molecule has 0 radical (unpaired) electrons. The van der Waals surface area contributed by atoms with Crippen molar-refractivity contribution in [2.75, 3.05) is 7.11 Å². The number of aromatic hydroxyl groups is 1. The lowest BCUT2D eigenvalue weighted by Crippen LogP contribution is -2.27. The summed E-state index contributed by atoms with van der Waals surface area (Å²) in [7, 11) is 1.54. The van der Waals surface area contributed by atoms with Crippen molar-refractivity contribution in [2.24, 2.45) is 0 Å². The van der Waals surface area contributed by atoms with Crippen LogP contribution in [-0.4, -0.2) is 27.5 Å². The van der Waals surface area contributed by atoms with Crippen molar-refractivity contribution in [3.05, 3.63) is 95.8 Å². The molecule has 2 aromatic carbocycles. The molecule has 0 aliphatic rings. The molecular weight excluding hydrogens is 450 g/mol. The molecule has 168 valence electrons. The predicted octanol–water partition coefficient (Wildman–Crippen LogP) is 3.78. The van der Waals surface area contributed by atoms with Crippen molar-refractivity contribution in [3.63, 3.8) is 0 Å². The van der Waals surface area contributed by atoms with E-state index in [2.05, 4.69) is 0 Å². The van der Waals surface area contributed by atoms with E-state index in [1.165, 1.54) is 26.2 Å². The van der Waals surface area contributed by atoms with Crippen LogP contribution in [0.1, 0.15) is 32.6 Å². The summed E-state index contributed by atoms with van der Waals surface area (Å²) in [4.78, 5) is 36.4. The van der Waals surface area contributed by atoms with Crippen molar-refractivity contribution >= 4 is 23.1 Å². The highest BCUT2D eigenvalue weighted by atomic mass is 35.5. The van der Waals surface area contributed by atoms with Gasteiger partial charge in [-0.3, -0.25) is 24.3 Å². The summed E-state index contributed by atoms with van der Waals surface area (Å²) in [6.45, 7) is 1.36. The molecule has 33 heavy (non-hydrogen) atoms. The predicted molar refractivity (Wildman–Crippen MR) is 120 cm³/mol. The summed E-state index contributed by atoms with van der Waals surface area (Å²) >= 11 is 5.82. The van der Waals surface area contributed by atoms with Crippen LogP contribution in [0.5, 0.6) is 11.6 Å². The minimum Gasteiger partial charge on any atom is -0.497 e. The number of rotatable bonds is 7. The van der Waals surface area contributed by atoms with Gasteiger partial charge in [0.05, 0.1) is 17.6 Å². The Morgan fingerprint density at radius 2 is 1.94 bits per heavy atom. The summed E-state index contributed by atoms with van der Waals surface area (Å²) in [5, 5.41) is 31.4. The Balaban J connectivity index is 2.08. The third-order valence-corrected chi connectivity index (χ3v) is 5.53. The van der Waals surface area contributed by atoms with Crippen molar-refractivity contribution in [3.8, 4) is 17.7 Å². The van der Waals surface area contributed by atoms with Gasteiger partial charge in [-0.05, 0) is 48.7 Å². The Morgan fingerprint density at radius 3 is 2.52 bits per heavy atom. The van der Waals surface area contributed by atoms with E-state index in [-0.39, 0.29) is 33.8 Å². The number of methoxy groups -OCH3 is 1. The number of halogens is 1. The highest BCUT2D eigenvalue weighted by molar-refractivity contribution is 6.32. The zero-order valence-corrected chi connectivity index (χ0v) is 18.4. The highest BCUT2D eigenvalue weighted by Crippen LogP contribution is 2.29. The first-order valence-electron chi connectivity index (χ1n) is 9.67. The van der Waals surface area contributed by atoms with Gasteiger partial charge in [0.1, 0.15) is 22.4 Å². The van der Waals surface area contributed by atoms with Gasteiger partial charge in [-0.2, -0.15) is 5.26 Å². The quantitative estimate of drug-likeness (QED) is 0.317. The maximum atomic E-state index is 13.2. The summed E-state index contributed by atoms with van der Waals surface area (Å²) < 4.78 is 6.06. The molecular formula is C23H18ClN3O6. The van der Waals surface area contributed by atoms with Gasteiger partial charge in [-0.25, -0.2) is 0 Å². The smallest absolute Gasteiger partial charge is 0.288 e. The topological polar surface area (TPSA) is 135 Å². The van der Waals surface area contributed by atoms with Crippen LogP contribution in [0, 0.1) is 28.4 Å². The molecule has 0 saturated carbocycles. The fourth-order valence-corrected chi connectivity index (χ4v) is 3.59. The Morgan fingerprint density at radius 1 is 1.27 bits per heavy atom. The number of aryl methyl sites for hydroxylation is 1. The molecule has 0 amide bonds. The van der Waals surface area contributed by atoms with E-state index in [9.17, 15) is 30.1 Å². The Labute approximate surface area is 193 Å². The van der Waals surface area contributed by atoms with Crippen LogP contribution in [0.3, 0.4) is 0 Å². The summed E-state index contributed by atoms with van der Waals surface area (Å²) in [6, 6.07) is 12.3. The van der Waals surface area contributed by atoms with E-state index in [0.717, 1.165) is 16.2 Å². The fraction of sp³-hybridized carbons (Fsp3) is 0.174. The molecule has 0 spiro atoms. The second kappa shape index (κ2) is 9.54. The van der Waals surface area contributed by atoms with Gasteiger partial charge in [0.2, 0.25) is 5.88 Å². The van der Waals surface area contributed by atoms with Crippen LogP contribution in [0.4, 0.5) is 5.69 Å². The number of ketones is 1. The van der Waals surface area contributed by atoms with Gasteiger partial charge in [0, 0.05) is 18.2 Å². The van der Waals surface area contributed by atoms with E-state index in [0.29, 0.717) is 12.2 Å². The molecule has 0 saturated heterocycles. The zero-order chi connectivity index (χ0) is 24.3. The lowest BCUT2D eigenvalue weighted by Gasteiger charge is -2.16. The van der Waals surface area contributed by atoms with E-state index < -0.39 is 27.8 Å². The summed E-state index contributed by atoms with van der Waals surface area (Å²) in [6.07, 6.45) is 0.325. The number of pyridine rings is 1. The lowest BCUT2D eigenvalue weighted by molar-refractivity contribution is -0.384. The second-order valence-corrected chi connectivity index (χ2v) is 7.52. The van der Waals surface area contributed by atoms with Crippen LogP contribution in [-0.2, 0) is 13.0 Å². The summed E-state index contributed by atoms with van der Waals surface area (Å²) in [5.74, 6) is -0.738. The maximum Gasteiger partial charge on any atom is 0.288 e. The van der Waals surface area contributed by atoms with Crippen molar-refractivity contribution in [2.45, 2.75) is 19.9 Å². The number of hydrogen-bond acceptors (Lipinski definition) is 7. The molecule has 1 heterocycles. The molecule has 0 bridgehead atoms. The monoisotopic (exact) mass is 467 g/mol. The van der Waals surface area contributed by atoms with Crippen LogP contribution < -0.4 is 10.3 Å². The standard InChI is InChI=1S/C23H18ClN3O6/c1-13-17(12-25)22(29)26(10-9-14-3-6-16(33-2)7-4-14)23(30)20(13)21(28)15-5-8-18(24)19(11-15)27(31)32/h3-8,11,30H,9-10H2,1-2H3. The van der Waals surface area contributed by atoms with Gasteiger partial charge in [-0.15, -0.1) is 0 Å². The first-order valence-corrected chi connectivity index (χ1v) is 10.0. The summed E-state index contributed by atoms with van der Waals surface area (Å²) in [5.41, 5.74) is -1.08. The first-order chi connectivity index (χ1) is 15.7. The molecule has 0 aliphatic carbocycles. The number of nitrogens with zero attached hydrogens (tertiary/aromatic N) is 3. The number of nitro groups is 1. The molecule has 3 aromatic rings. The lowest BCUT2D eigenvalue weighted by atomic mass is 9.97. The number of hydrogen-bond donors (Lipinski definition) is 1. The molecule has 1 aromatic heterocycles. The third kappa shape index (κ3) is 4.56. The van der Waals surface area contributed by atoms with Gasteiger partial charge in [0.15, 0.2) is 5.78 Å².